The van der Waals surface area contributed by atoms with E-state index < -0.39 is 0 Å². The molecule has 0 saturated carbocycles. The molecule has 7 aromatic rings. The van der Waals surface area contributed by atoms with Gasteiger partial charge in [-0.3, -0.25) is 0 Å². The van der Waals surface area contributed by atoms with Gasteiger partial charge in [0.25, 0.3) is 0 Å². The molecule has 0 unspecified atom stereocenters. The summed E-state index contributed by atoms with van der Waals surface area (Å²) in [5, 5.41) is 7.20. The minimum atomic E-state index is 0.536. The number of rotatable bonds is 3. The maximum absolute atomic E-state index is 9.13. The SMILES string of the molecule is [2H]c1cc(-c2ccc3ccccc3c2)ccc1-c1c2ccccc2c(-c2ccccc2)c2ccccc12. The number of hydrogen-bond acceptors (Lipinski definition) is 0. The van der Waals surface area contributed by atoms with Crippen molar-refractivity contribution in [1.82, 2.24) is 0 Å². The zero-order valence-electron chi connectivity index (χ0n) is 20.8. The first-order valence-corrected chi connectivity index (χ1v) is 12.4. The Labute approximate surface area is 212 Å². The van der Waals surface area contributed by atoms with E-state index in [9.17, 15) is 0 Å². The monoisotopic (exact) mass is 457 g/mol. The zero-order valence-corrected chi connectivity index (χ0v) is 19.8. The molecule has 0 aromatic heterocycles. The highest BCUT2D eigenvalue weighted by Gasteiger charge is 2.16. The van der Waals surface area contributed by atoms with Crippen LogP contribution in [0.3, 0.4) is 0 Å². The highest BCUT2D eigenvalue weighted by atomic mass is 14.2. The maximum atomic E-state index is 9.13. The Kier molecular flexibility index (Phi) is 4.64. The van der Waals surface area contributed by atoms with Crippen LogP contribution in [0.5, 0.6) is 0 Å². The maximum Gasteiger partial charge on any atom is 0.0629 e. The summed E-state index contributed by atoms with van der Waals surface area (Å²) in [5.41, 5.74) is 6.73. The second-order valence-electron chi connectivity index (χ2n) is 9.26. The summed E-state index contributed by atoms with van der Waals surface area (Å²) < 4.78 is 9.13. The standard InChI is InChI=1S/C36H24/c1-2-11-27(12-3-1)35-31-14-6-8-16-33(31)36(34-17-9-7-15-32(34)35)28-21-18-26(19-22-28)30-23-20-25-10-4-5-13-29(25)24-30/h1-24H/i21D. The van der Waals surface area contributed by atoms with Crippen molar-refractivity contribution in [2.24, 2.45) is 0 Å². The normalized spacial score (nSPS) is 11.7. The van der Waals surface area contributed by atoms with E-state index in [1.165, 1.54) is 43.4 Å². The van der Waals surface area contributed by atoms with E-state index in [-0.39, 0.29) is 0 Å². The van der Waals surface area contributed by atoms with E-state index in [4.69, 9.17) is 1.37 Å². The lowest BCUT2D eigenvalue weighted by atomic mass is 9.86. The largest absolute Gasteiger partial charge is 0.0629 e. The molecule has 0 bridgehead atoms. The summed E-state index contributed by atoms with van der Waals surface area (Å²) in [7, 11) is 0. The number of fused-ring (bicyclic) bond motifs is 3. The molecule has 0 aliphatic rings. The van der Waals surface area contributed by atoms with E-state index in [1.807, 2.05) is 6.07 Å². The Morgan fingerprint density at radius 3 is 1.47 bits per heavy atom. The summed E-state index contributed by atoms with van der Waals surface area (Å²) in [6, 6.07) is 49.6. The molecule has 0 atom stereocenters. The fourth-order valence-electron chi connectivity index (χ4n) is 5.46. The van der Waals surface area contributed by atoms with Crippen molar-refractivity contribution in [3.8, 4) is 33.4 Å². The molecule has 0 spiro atoms. The summed E-state index contributed by atoms with van der Waals surface area (Å²) >= 11 is 0. The van der Waals surface area contributed by atoms with E-state index in [0.717, 1.165) is 22.3 Å². The van der Waals surface area contributed by atoms with Crippen molar-refractivity contribution in [1.29, 1.82) is 0 Å². The molecule has 0 heteroatoms. The lowest BCUT2D eigenvalue weighted by molar-refractivity contribution is 1.62. The lowest BCUT2D eigenvalue weighted by Gasteiger charge is -2.18. The van der Waals surface area contributed by atoms with Crippen molar-refractivity contribution in [2.45, 2.75) is 0 Å². The summed E-state index contributed by atoms with van der Waals surface area (Å²) in [4.78, 5) is 0. The van der Waals surface area contributed by atoms with Gasteiger partial charge >= 0.3 is 0 Å². The third-order valence-corrected chi connectivity index (χ3v) is 7.16. The molecule has 0 aliphatic carbocycles. The highest BCUT2D eigenvalue weighted by Crippen LogP contribution is 2.43. The summed E-state index contributed by atoms with van der Waals surface area (Å²) in [6.07, 6.45) is 0. The molecular formula is C36H24. The van der Waals surface area contributed by atoms with Gasteiger partial charge in [-0.05, 0) is 71.8 Å². The third kappa shape index (κ3) is 3.39. The van der Waals surface area contributed by atoms with Crippen molar-refractivity contribution >= 4 is 32.3 Å². The first-order chi connectivity index (χ1) is 18.3. The van der Waals surface area contributed by atoms with Crippen LogP contribution in [0.15, 0.2) is 146 Å². The van der Waals surface area contributed by atoms with E-state index >= 15 is 0 Å². The smallest absolute Gasteiger partial charge is 0.0622 e. The second kappa shape index (κ2) is 8.52. The molecule has 0 amide bonds. The van der Waals surface area contributed by atoms with Crippen LogP contribution in [-0.4, -0.2) is 0 Å². The van der Waals surface area contributed by atoms with E-state index in [1.54, 1.807) is 0 Å². The molecule has 7 aromatic carbocycles. The quantitative estimate of drug-likeness (QED) is 0.232. The molecule has 0 saturated heterocycles. The Hall–Kier alpha value is -4.68. The fourth-order valence-corrected chi connectivity index (χ4v) is 5.46. The van der Waals surface area contributed by atoms with Gasteiger partial charge in [0.1, 0.15) is 0 Å². The minimum Gasteiger partial charge on any atom is -0.0622 e. The Morgan fingerprint density at radius 2 is 0.833 bits per heavy atom. The van der Waals surface area contributed by atoms with Crippen LogP contribution in [0.4, 0.5) is 0 Å². The first-order valence-electron chi connectivity index (χ1n) is 12.9. The molecule has 36 heavy (non-hydrogen) atoms. The summed E-state index contributed by atoms with van der Waals surface area (Å²) in [5.74, 6) is 0. The molecule has 168 valence electrons. The van der Waals surface area contributed by atoms with Crippen LogP contribution in [0.1, 0.15) is 1.37 Å². The molecule has 0 fully saturated rings. The molecular weight excluding hydrogens is 432 g/mol. The highest BCUT2D eigenvalue weighted by molar-refractivity contribution is 6.21. The van der Waals surface area contributed by atoms with Crippen LogP contribution >= 0.6 is 0 Å². The van der Waals surface area contributed by atoms with Gasteiger partial charge in [0.15, 0.2) is 0 Å². The average molecular weight is 458 g/mol. The predicted molar refractivity (Wildman–Crippen MR) is 155 cm³/mol. The van der Waals surface area contributed by atoms with Crippen molar-refractivity contribution in [3.63, 3.8) is 0 Å². The number of benzene rings is 7. The Balaban J connectivity index is 1.47. The average Bonchev–Trinajstić information content (AvgIpc) is 2.96. The van der Waals surface area contributed by atoms with Gasteiger partial charge in [-0.25, -0.2) is 0 Å². The molecule has 0 aliphatic heterocycles. The lowest BCUT2D eigenvalue weighted by Crippen LogP contribution is -1.90. The van der Waals surface area contributed by atoms with Crippen LogP contribution in [-0.2, 0) is 0 Å². The van der Waals surface area contributed by atoms with Crippen LogP contribution in [0.25, 0.3) is 65.7 Å². The molecule has 0 heterocycles. The molecule has 0 radical (unpaired) electrons. The summed E-state index contributed by atoms with van der Waals surface area (Å²) in [6.45, 7) is 0. The van der Waals surface area contributed by atoms with Gasteiger partial charge < -0.3 is 0 Å². The first kappa shape index (κ1) is 19.6. The van der Waals surface area contributed by atoms with Gasteiger partial charge in [-0.15, -0.1) is 0 Å². The minimum absolute atomic E-state index is 0.536. The topological polar surface area (TPSA) is 0 Å². The Morgan fingerprint density at radius 1 is 0.333 bits per heavy atom. The van der Waals surface area contributed by atoms with Crippen LogP contribution in [0, 0.1) is 0 Å². The van der Waals surface area contributed by atoms with Crippen LogP contribution in [0.2, 0.25) is 0 Å². The third-order valence-electron chi connectivity index (χ3n) is 7.16. The van der Waals surface area contributed by atoms with Gasteiger partial charge in [-0.2, -0.15) is 0 Å². The zero-order chi connectivity index (χ0) is 24.8. The van der Waals surface area contributed by atoms with Gasteiger partial charge in [0.05, 0.1) is 1.37 Å². The van der Waals surface area contributed by atoms with Gasteiger partial charge in [0.2, 0.25) is 0 Å². The van der Waals surface area contributed by atoms with Crippen molar-refractivity contribution in [2.75, 3.05) is 0 Å². The molecule has 7 rings (SSSR count). The van der Waals surface area contributed by atoms with Crippen LogP contribution < -0.4 is 0 Å². The fraction of sp³-hybridized carbons (Fsp3) is 0. The Bertz CT molecular complexity index is 1880. The second-order valence-corrected chi connectivity index (χ2v) is 9.26. The van der Waals surface area contributed by atoms with E-state index in [2.05, 4.69) is 133 Å². The van der Waals surface area contributed by atoms with Gasteiger partial charge in [0, 0.05) is 0 Å². The van der Waals surface area contributed by atoms with Crippen molar-refractivity contribution < 1.29 is 1.37 Å². The molecule has 0 nitrogen and oxygen atoms in total. The number of hydrogen-bond donors (Lipinski definition) is 0. The predicted octanol–water partition coefficient (Wildman–Crippen LogP) is 10.1. The van der Waals surface area contributed by atoms with Crippen molar-refractivity contribution in [3.05, 3.63) is 146 Å². The van der Waals surface area contributed by atoms with E-state index in [0.29, 0.717) is 6.04 Å². The molecule has 0 N–H and O–H groups in total. The van der Waals surface area contributed by atoms with Gasteiger partial charge in [-0.1, -0.05) is 140 Å².